The van der Waals surface area contributed by atoms with Crippen molar-refractivity contribution in [3.8, 4) is 11.5 Å². The van der Waals surface area contributed by atoms with Crippen molar-refractivity contribution < 1.29 is 18.7 Å². The van der Waals surface area contributed by atoms with Crippen LogP contribution in [-0.4, -0.2) is 36.9 Å². The van der Waals surface area contributed by atoms with Gasteiger partial charge in [-0.15, -0.1) is 22.7 Å². The molecular formula is C23H24N2O4S2. The molecule has 0 aliphatic carbocycles. The van der Waals surface area contributed by atoms with Gasteiger partial charge in [-0.3, -0.25) is 9.69 Å². The minimum absolute atomic E-state index is 0.0766. The molecule has 8 heteroatoms. The molecule has 6 nitrogen and oxygen atoms in total. The summed E-state index contributed by atoms with van der Waals surface area (Å²) in [4.78, 5) is 20.3. The van der Waals surface area contributed by atoms with Gasteiger partial charge in [-0.1, -0.05) is 24.3 Å². The summed E-state index contributed by atoms with van der Waals surface area (Å²) in [5.74, 6) is 0.612. The maximum atomic E-state index is 13.2. The summed E-state index contributed by atoms with van der Waals surface area (Å²) >= 11 is 2.84. The van der Waals surface area contributed by atoms with Gasteiger partial charge in [-0.05, 0) is 37.4 Å². The first-order valence-corrected chi connectivity index (χ1v) is 12.0. The lowest BCUT2D eigenvalue weighted by atomic mass is 10.2. The molecule has 1 amide bonds. The topological polar surface area (TPSA) is 64.8 Å². The Morgan fingerprint density at radius 2 is 1.94 bits per heavy atom. The number of carbonyl (C=O) groups excluding carboxylic acids is 1. The zero-order valence-corrected chi connectivity index (χ0v) is 19.1. The van der Waals surface area contributed by atoms with Crippen LogP contribution in [0.2, 0.25) is 0 Å². The van der Waals surface area contributed by atoms with E-state index in [-0.39, 0.29) is 12.2 Å². The first kappa shape index (κ1) is 21.7. The predicted molar refractivity (Wildman–Crippen MR) is 125 cm³/mol. The predicted octanol–water partition coefficient (Wildman–Crippen LogP) is 6.05. The standard InChI is InChI=1S/C23H24N2O4S2/c1-3-27-21(28-4-2)11-12-25(22(26)20-10-7-13-30-20)23-24-17(15-31-23)19-14-16-8-5-6-9-18(16)29-19/h5-10,13-15,21H,3-4,11-12H2,1-2H3. The lowest BCUT2D eigenvalue weighted by Gasteiger charge is -2.23. The van der Waals surface area contributed by atoms with Crippen LogP contribution in [-0.2, 0) is 9.47 Å². The first-order chi connectivity index (χ1) is 15.2. The molecule has 0 aliphatic rings. The fourth-order valence-electron chi connectivity index (χ4n) is 3.25. The summed E-state index contributed by atoms with van der Waals surface area (Å²) in [5, 5.41) is 5.47. The molecule has 4 rings (SSSR count). The van der Waals surface area contributed by atoms with Crippen molar-refractivity contribution in [1.82, 2.24) is 4.98 Å². The second-order valence-electron chi connectivity index (χ2n) is 6.73. The smallest absolute Gasteiger partial charge is 0.270 e. The van der Waals surface area contributed by atoms with Crippen LogP contribution in [0.1, 0.15) is 29.9 Å². The minimum atomic E-state index is -0.358. The van der Waals surface area contributed by atoms with Crippen LogP contribution in [0.25, 0.3) is 22.4 Å². The summed E-state index contributed by atoms with van der Waals surface area (Å²) in [6, 6.07) is 13.5. The van der Waals surface area contributed by atoms with Crippen LogP contribution >= 0.6 is 22.7 Å². The number of hydrogen-bond acceptors (Lipinski definition) is 7. The second-order valence-corrected chi connectivity index (χ2v) is 8.51. The summed E-state index contributed by atoms with van der Waals surface area (Å²) < 4.78 is 17.3. The quantitative estimate of drug-likeness (QED) is 0.272. The number of fused-ring (bicyclic) bond motifs is 1. The van der Waals surface area contributed by atoms with Gasteiger partial charge in [0.15, 0.2) is 17.2 Å². The van der Waals surface area contributed by atoms with Crippen molar-refractivity contribution in [1.29, 1.82) is 0 Å². The summed E-state index contributed by atoms with van der Waals surface area (Å²) in [6.45, 7) is 5.41. The van der Waals surface area contributed by atoms with Gasteiger partial charge in [0.05, 0.1) is 4.88 Å². The van der Waals surface area contributed by atoms with Crippen molar-refractivity contribution >= 4 is 44.7 Å². The Hall–Kier alpha value is -2.52. The highest BCUT2D eigenvalue weighted by Crippen LogP contribution is 2.32. The molecule has 31 heavy (non-hydrogen) atoms. The number of anilines is 1. The van der Waals surface area contributed by atoms with Crippen LogP contribution < -0.4 is 4.90 Å². The van der Waals surface area contributed by atoms with Gasteiger partial charge in [0.25, 0.3) is 5.91 Å². The number of benzene rings is 1. The van der Waals surface area contributed by atoms with Gasteiger partial charge in [0, 0.05) is 36.9 Å². The van der Waals surface area contributed by atoms with E-state index in [0.717, 1.165) is 11.0 Å². The maximum Gasteiger partial charge on any atom is 0.270 e. The van der Waals surface area contributed by atoms with Crippen LogP contribution in [0, 0.1) is 0 Å². The average Bonchev–Trinajstić information content (AvgIpc) is 3.54. The number of thiazole rings is 1. The fourth-order valence-corrected chi connectivity index (χ4v) is 4.76. The van der Waals surface area contributed by atoms with Crippen molar-refractivity contribution in [3.63, 3.8) is 0 Å². The highest BCUT2D eigenvalue weighted by molar-refractivity contribution is 7.14. The van der Waals surface area contributed by atoms with Gasteiger partial charge in [-0.2, -0.15) is 0 Å². The zero-order chi connectivity index (χ0) is 21.6. The van der Waals surface area contributed by atoms with E-state index >= 15 is 0 Å². The number of thiophene rings is 1. The van der Waals surface area contributed by atoms with Crippen molar-refractivity contribution in [3.05, 3.63) is 58.1 Å². The Morgan fingerprint density at radius 1 is 1.13 bits per heavy atom. The van der Waals surface area contributed by atoms with Crippen LogP contribution in [0.4, 0.5) is 5.13 Å². The van der Waals surface area contributed by atoms with Crippen molar-refractivity contribution in [2.45, 2.75) is 26.6 Å². The van der Waals surface area contributed by atoms with Crippen LogP contribution in [0.3, 0.4) is 0 Å². The van der Waals surface area contributed by atoms with E-state index in [1.807, 2.05) is 67.1 Å². The van der Waals surface area contributed by atoms with Gasteiger partial charge in [-0.25, -0.2) is 4.98 Å². The molecule has 3 heterocycles. The normalized spacial score (nSPS) is 11.5. The summed E-state index contributed by atoms with van der Waals surface area (Å²) in [7, 11) is 0. The Labute approximate surface area is 189 Å². The molecule has 0 saturated carbocycles. The number of furan rings is 1. The Morgan fingerprint density at radius 3 is 2.65 bits per heavy atom. The summed E-state index contributed by atoms with van der Waals surface area (Å²) in [5.41, 5.74) is 1.53. The van der Waals surface area contributed by atoms with Crippen molar-refractivity contribution in [2.24, 2.45) is 0 Å². The van der Waals surface area contributed by atoms with E-state index in [9.17, 15) is 4.79 Å². The lowest BCUT2D eigenvalue weighted by molar-refractivity contribution is -0.137. The van der Waals surface area contributed by atoms with Crippen LogP contribution in [0.15, 0.2) is 57.6 Å². The second kappa shape index (κ2) is 10.2. The molecule has 0 unspecified atom stereocenters. The van der Waals surface area contributed by atoms with E-state index < -0.39 is 0 Å². The molecule has 0 N–H and O–H groups in total. The molecule has 0 radical (unpaired) electrons. The monoisotopic (exact) mass is 456 g/mol. The Balaban J connectivity index is 1.59. The van der Waals surface area contributed by atoms with E-state index in [1.54, 1.807) is 4.90 Å². The highest BCUT2D eigenvalue weighted by Gasteiger charge is 2.24. The number of amides is 1. The van der Waals surface area contributed by atoms with E-state index in [0.29, 0.717) is 47.6 Å². The molecular weight excluding hydrogens is 432 g/mol. The summed E-state index contributed by atoms with van der Waals surface area (Å²) in [6.07, 6.45) is 0.196. The largest absolute Gasteiger partial charge is 0.454 e. The molecule has 3 aromatic heterocycles. The minimum Gasteiger partial charge on any atom is -0.454 e. The third kappa shape index (κ3) is 5.04. The Bertz CT molecular complexity index is 1080. The van der Waals surface area contributed by atoms with E-state index in [2.05, 4.69) is 0 Å². The molecule has 4 aromatic rings. The molecule has 0 aliphatic heterocycles. The lowest BCUT2D eigenvalue weighted by Crippen LogP contribution is -2.34. The number of hydrogen-bond donors (Lipinski definition) is 0. The van der Waals surface area contributed by atoms with Crippen LogP contribution in [0.5, 0.6) is 0 Å². The number of nitrogens with zero attached hydrogens (tertiary/aromatic N) is 2. The molecule has 0 bridgehead atoms. The van der Waals surface area contributed by atoms with E-state index in [1.165, 1.54) is 22.7 Å². The van der Waals surface area contributed by atoms with Gasteiger partial charge < -0.3 is 13.9 Å². The molecule has 0 atom stereocenters. The third-order valence-electron chi connectivity index (χ3n) is 4.67. The maximum absolute atomic E-state index is 13.2. The number of para-hydroxylation sites is 1. The molecule has 0 fully saturated rings. The fraction of sp³-hybridized carbons (Fsp3) is 0.304. The zero-order valence-electron chi connectivity index (χ0n) is 17.4. The molecule has 0 saturated heterocycles. The Kier molecular flexibility index (Phi) is 7.14. The number of aromatic nitrogens is 1. The highest BCUT2D eigenvalue weighted by atomic mass is 32.1. The van der Waals surface area contributed by atoms with Gasteiger partial charge in [0.2, 0.25) is 0 Å². The van der Waals surface area contributed by atoms with Gasteiger partial charge in [0.1, 0.15) is 11.3 Å². The number of rotatable bonds is 10. The molecule has 0 spiro atoms. The van der Waals surface area contributed by atoms with E-state index in [4.69, 9.17) is 18.9 Å². The average molecular weight is 457 g/mol. The first-order valence-electron chi connectivity index (χ1n) is 10.2. The van der Waals surface area contributed by atoms with Gasteiger partial charge >= 0.3 is 0 Å². The SMILES string of the molecule is CCOC(CCN(C(=O)c1cccs1)c1nc(-c2cc3ccccc3o2)cs1)OCC. The number of ether oxygens (including phenoxy) is 2. The number of carbonyl (C=O) groups is 1. The molecule has 1 aromatic carbocycles. The molecule has 162 valence electrons. The third-order valence-corrected chi connectivity index (χ3v) is 6.39. The van der Waals surface area contributed by atoms with Crippen molar-refractivity contribution in [2.75, 3.05) is 24.7 Å².